The zero-order valence-electron chi connectivity index (χ0n) is 10.5. The highest BCUT2D eigenvalue weighted by atomic mass is 19.4. The van der Waals surface area contributed by atoms with Crippen molar-refractivity contribution in [3.8, 4) is 0 Å². The number of alkyl halides is 3. The van der Waals surface area contributed by atoms with Gasteiger partial charge in [0.2, 0.25) is 0 Å². The van der Waals surface area contributed by atoms with Crippen molar-refractivity contribution in [1.82, 2.24) is 10.2 Å². The molecule has 0 atom stereocenters. The molecule has 0 bridgehead atoms. The summed E-state index contributed by atoms with van der Waals surface area (Å²) in [5.74, 6) is 0.618. The number of aliphatic imine (C=N–C) groups is 1. The molecular weight excluding hydrogens is 243 g/mol. The number of rotatable bonds is 2. The summed E-state index contributed by atoms with van der Waals surface area (Å²) < 4.78 is 37.5. The van der Waals surface area contributed by atoms with E-state index in [-0.39, 0.29) is 0 Å². The van der Waals surface area contributed by atoms with Gasteiger partial charge in [0.05, 0.1) is 5.56 Å². The summed E-state index contributed by atoms with van der Waals surface area (Å²) in [6, 6.07) is 5.24. The topological polar surface area (TPSA) is 27.6 Å². The van der Waals surface area contributed by atoms with Crippen molar-refractivity contribution in [2.24, 2.45) is 4.99 Å². The van der Waals surface area contributed by atoms with E-state index < -0.39 is 11.7 Å². The van der Waals surface area contributed by atoms with Gasteiger partial charge in [-0.1, -0.05) is 12.1 Å². The lowest BCUT2D eigenvalue weighted by Gasteiger charge is -2.17. The number of hydrogen-bond acceptors (Lipinski definition) is 1. The van der Waals surface area contributed by atoms with E-state index in [2.05, 4.69) is 10.3 Å². The van der Waals surface area contributed by atoms with Crippen molar-refractivity contribution in [3.05, 3.63) is 35.4 Å². The van der Waals surface area contributed by atoms with Crippen LogP contribution < -0.4 is 5.32 Å². The molecule has 0 heterocycles. The second-order valence-corrected chi connectivity index (χ2v) is 3.99. The smallest absolute Gasteiger partial charge is 0.352 e. The fraction of sp³-hybridized carbons (Fsp3) is 0.417. The third kappa shape index (κ3) is 3.94. The van der Waals surface area contributed by atoms with Gasteiger partial charge in [0, 0.05) is 27.7 Å². The van der Waals surface area contributed by atoms with Crippen LogP contribution in [-0.2, 0) is 12.7 Å². The van der Waals surface area contributed by atoms with Crippen molar-refractivity contribution < 1.29 is 13.2 Å². The Morgan fingerprint density at radius 1 is 1.33 bits per heavy atom. The Bertz CT molecular complexity index is 425. The Morgan fingerprint density at radius 3 is 2.50 bits per heavy atom. The van der Waals surface area contributed by atoms with Crippen LogP contribution in [0.25, 0.3) is 0 Å². The standard InChI is InChI=1S/C12H16F3N3/c1-16-11(18(2)3)17-8-9-5-4-6-10(7-9)12(13,14)15/h4-7H,8H2,1-3H3,(H,16,17). The van der Waals surface area contributed by atoms with E-state index >= 15 is 0 Å². The van der Waals surface area contributed by atoms with E-state index in [9.17, 15) is 13.2 Å². The van der Waals surface area contributed by atoms with Crippen LogP contribution in [0.3, 0.4) is 0 Å². The molecule has 0 aliphatic rings. The Hall–Kier alpha value is -1.72. The van der Waals surface area contributed by atoms with Crippen molar-refractivity contribution in [1.29, 1.82) is 0 Å². The number of nitrogens with zero attached hydrogens (tertiary/aromatic N) is 2. The molecule has 0 aromatic heterocycles. The van der Waals surface area contributed by atoms with Gasteiger partial charge in [-0.05, 0) is 17.7 Å². The summed E-state index contributed by atoms with van der Waals surface area (Å²) in [4.78, 5) is 5.74. The van der Waals surface area contributed by atoms with Crippen molar-refractivity contribution in [3.63, 3.8) is 0 Å². The fourth-order valence-corrected chi connectivity index (χ4v) is 1.48. The molecule has 0 aliphatic carbocycles. The van der Waals surface area contributed by atoms with Gasteiger partial charge in [-0.15, -0.1) is 0 Å². The van der Waals surface area contributed by atoms with Gasteiger partial charge in [0.15, 0.2) is 5.96 Å². The molecule has 1 aromatic carbocycles. The number of guanidine groups is 1. The summed E-state index contributed by atoms with van der Waals surface area (Å²) in [6.45, 7) is 0.300. The van der Waals surface area contributed by atoms with Crippen molar-refractivity contribution in [2.45, 2.75) is 12.7 Å². The van der Waals surface area contributed by atoms with Gasteiger partial charge in [0.25, 0.3) is 0 Å². The molecule has 100 valence electrons. The third-order valence-corrected chi connectivity index (χ3v) is 2.34. The SMILES string of the molecule is CN=C(NCc1cccc(C(F)(F)F)c1)N(C)C. The molecular formula is C12H16F3N3. The van der Waals surface area contributed by atoms with E-state index in [0.717, 1.165) is 12.1 Å². The van der Waals surface area contributed by atoms with Gasteiger partial charge in [-0.2, -0.15) is 13.2 Å². The van der Waals surface area contributed by atoms with E-state index in [1.165, 1.54) is 6.07 Å². The molecule has 3 nitrogen and oxygen atoms in total. The zero-order chi connectivity index (χ0) is 13.8. The van der Waals surface area contributed by atoms with E-state index in [0.29, 0.717) is 18.1 Å². The molecule has 1 N–H and O–H groups in total. The molecule has 18 heavy (non-hydrogen) atoms. The van der Waals surface area contributed by atoms with Gasteiger partial charge in [0.1, 0.15) is 0 Å². The highest BCUT2D eigenvalue weighted by Crippen LogP contribution is 2.29. The van der Waals surface area contributed by atoms with Crippen LogP contribution in [0.5, 0.6) is 0 Å². The van der Waals surface area contributed by atoms with Crippen LogP contribution in [0.2, 0.25) is 0 Å². The van der Waals surface area contributed by atoms with Gasteiger partial charge in [-0.3, -0.25) is 4.99 Å². The first kappa shape index (κ1) is 14.3. The molecule has 0 saturated carbocycles. The average molecular weight is 259 g/mol. The Kier molecular flexibility index (Phi) is 4.58. The number of hydrogen-bond donors (Lipinski definition) is 1. The largest absolute Gasteiger partial charge is 0.416 e. The number of nitrogens with one attached hydrogen (secondary N) is 1. The molecule has 0 radical (unpaired) electrons. The van der Waals surface area contributed by atoms with E-state index in [1.807, 2.05) is 14.1 Å². The minimum atomic E-state index is -4.31. The molecule has 0 unspecified atom stereocenters. The maximum absolute atomic E-state index is 12.5. The maximum Gasteiger partial charge on any atom is 0.416 e. The normalized spacial score (nSPS) is 12.4. The molecule has 0 amide bonds. The molecule has 6 heteroatoms. The van der Waals surface area contributed by atoms with Crippen LogP contribution in [0.15, 0.2) is 29.3 Å². The minimum absolute atomic E-state index is 0.300. The number of benzene rings is 1. The maximum atomic E-state index is 12.5. The van der Waals surface area contributed by atoms with Crippen molar-refractivity contribution in [2.75, 3.05) is 21.1 Å². The summed E-state index contributed by atoms with van der Waals surface area (Å²) in [6.07, 6.45) is -4.31. The quantitative estimate of drug-likeness (QED) is 0.652. The predicted octanol–water partition coefficient (Wildman–Crippen LogP) is 2.34. The average Bonchev–Trinajstić information content (AvgIpc) is 2.28. The lowest BCUT2D eigenvalue weighted by Crippen LogP contribution is -2.35. The van der Waals surface area contributed by atoms with Gasteiger partial charge < -0.3 is 10.2 Å². The fourth-order valence-electron chi connectivity index (χ4n) is 1.48. The number of halogens is 3. The highest BCUT2D eigenvalue weighted by Gasteiger charge is 2.30. The van der Waals surface area contributed by atoms with Crippen LogP contribution in [-0.4, -0.2) is 32.0 Å². The Morgan fingerprint density at radius 2 is 2.00 bits per heavy atom. The first-order valence-corrected chi connectivity index (χ1v) is 5.38. The van der Waals surface area contributed by atoms with Crippen molar-refractivity contribution >= 4 is 5.96 Å². The molecule has 1 rings (SSSR count). The minimum Gasteiger partial charge on any atom is -0.352 e. The van der Waals surface area contributed by atoms with Gasteiger partial charge >= 0.3 is 6.18 Å². The summed E-state index contributed by atoms with van der Waals surface area (Å²) in [7, 11) is 5.23. The van der Waals surface area contributed by atoms with Crippen LogP contribution >= 0.6 is 0 Å². The summed E-state index contributed by atoms with van der Waals surface area (Å²) in [5, 5.41) is 2.97. The molecule has 0 aliphatic heterocycles. The first-order valence-electron chi connectivity index (χ1n) is 5.38. The molecule has 1 aromatic rings. The molecule has 0 saturated heterocycles. The molecule has 0 fully saturated rings. The third-order valence-electron chi connectivity index (χ3n) is 2.34. The molecule has 0 spiro atoms. The highest BCUT2D eigenvalue weighted by molar-refractivity contribution is 5.79. The first-order chi connectivity index (χ1) is 8.34. The second-order valence-electron chi connectivity index (χ2n) is 3.99. The van der Waals surface area contributed by atoms with Gasteiger partial charge in [-0.25, -0.2) is 0 Å². The Labute approximate surface area is 104 Å². The van der Waals surface area contributed by atoms with Crippen LogP contribution in [0.1, 0.15) is 11.1 Å². The lowest BCUT2D eigenvalue weighted by atomic mass is 10.1. The monoisotopic (exact) mass is 259 g/mol. The second kappa shape index (κ2) is 5.75. The zero-order valence-corrected chi connectivity index (χ0v) is 10.5. The van der Waals surface area contributed by atoms with E-state index in [1.54, 1.807) is 18.0 Å². The Balaban J connectivity index is 2.75. The summed E-state index contributed by atoms with van der Waals surface area (Å²) in [5.41, 5.74) is -0.0746. The van der Waals surface area contributed by atoms with E-state index in [4.69, 9.17) is 0 Å². The van der Waals surface area contributed by atoms with Crippen LogP contribution in [0.4, 0.5) is 13.2 Å². The predicted molar refractivity (Wildman–Crippen MR) is 65.3 cm³/mol. The summed E-state index contributed by atoms with van der Waals surface area (Å²) >= 11 is 0. The lowest BCUT2D eigenvalue weighted by molar-refractivity contribution is -0.137. The van der Waals surface area contributed by atoms with Crippen LogP contribution in [0, 0.1) is 0 Å².